The van der Waals surface area contributed by atoms with Gasteiger partial charge in [-0.25, -0.2) is 9.74 Å². The molecule has 0 aliphatic carbocycles. The van der Waals surface area contributed by atoms with Crippen molar-refractivity contribution in [3.63, 3.8) is 0 Å². The van der Waals surface area contributed by atoms with Crippen molar-refractivity contribution in [3.8, 4) is 5.75 Å². The zero-order valence-electron chi connectivity index (χ0n) is 11.4. The van der Waals surface area contributed by atoms with E-state index in [2.05, 4.69) is 4.94 Å². The van der Waals surface area contributed by atoms with Crippen LogP contribution in [0, 0.1) is 0 Å². The molecule has 0 heterocycles. The molecule has 6 heteroatoms. The summed E-state index contributed by atoms with van der Waals surface area (Å²) in [5.74, 6) is -0.807. The highest BCUT2D eigenvalue weighted by Crippen LogP contribution is 2.37. The summed E-state index contributed by atoms with van der Waals surface area (Å²) in [7, 11) is 1.60. The standard InChI is InChI=1S/C15H14ClFO4/c1-19-7-4-8-20-14-11-6-3-2-5-10(11)9-12(13(14)16)15(18)21-17/h2-3,5-6,9H,4,7-8H2,1H3. The molecule has 0 atom stereocenters. The monoisotopic (exact) mass is 312 g/mol. The summed E-state index contributed by atoms with van der Waals surface area (Å²) in [6, 6.07) is 8.70. The van der Waals surface area contributed by atoms with Crippen LogP contribution in [0.15, 0.2) is 30.3 Å². The minimum Gasteiger partial charge on any atom is -0.491 e. The molecule has 4 nitrogen and oxygen atoms in total. The van der Waals surface area contributed by atoms with Gasteiger partial charge in [0, 0.05) is 30.0 Å². The normalized spacial score (nSPS) is 10.6. The maximum Gasteiger partial charge on any atom is 0.381 e. The van der Waals surface area contributed by atoms with Gasteiger partial charge in [0.05, 0.1) is 17.2 Å². The van der Waals surface area contributed by atoms with E-state index in [0.717, 1.165) is 5.39 Å². The topological polar surface area (TPSA) is 44.8 Å². The average molecular weight is 313 g/mol. The smallest absolute Gasteiger partial charge is 0.381 e. The van der Waals surface area contributed by atoms with Crippen LogP contribution < -0.4 is 4.74 Å². The van der Waals surface area contributed by atoms with Crippen molar-refractivity contribution in [1.29, 1.82) is 0 Å². The molecule has 2 aromatic carbocycles. The lowest BCUT2D eigenvalue weighted by Crippen LogP contribution is -2.05. The second-order valence-corrected chi connectivity index (χ2v) is 4.73. The molecule has 0 saturated carbocycles. The van der Waals surface area contributed by atoms with Crippen molar-refractivity contribution in [2.75, 3.05) is 20.3 Å². The molecule has 0 N–H and O–H groups in total. The number of halogens is 2. The number of fused-ring (bicyclic) bond motifs is 1. The van der Waals surface area contributed by atoms with Gasteiger partial charge in [0.2, 0.25) is 0 Å². The third-order valence-corrected chi connectivity index (χ3v) is 3.35. The van der Waals surface area contributed by atoms with Gasteiger partial charge in [-0.15, -0.1) is 0 Å². The van der Waals surface area contributed by atoms with Crippen molar-refractivity contribution >= 4 is 28.3 Å². The van der Waals surface area contributed by atoms with Crippen LogP contribution in [0.2, 0.25) is 5.02 Å². The zero-order chi connectivity index (χ0) is 15.2. The molecule has 0 radical (unpaired) electrons. The Bertz CT molecular complexity index is 645. The number of carbonyl (C=O) groups excluding carboxylic acids is 1. The number of hydrogen-bond acceptors (Lipinski definition) is 4. The summed E-state index contributed by atoms with van der Waals surface area (Å²) in [4.78, 5) is 14.7. The summed E-state index contributed by atoms with van der Waals surface area (Å²) >= 11 is 6.15. The largest absolute Gasteiger partial charge is 0.491 e. The van der Waals surface area contributed by atoms with Gasteiger partial charge < -0.3 is 9.47 Å². The van der Waals surface area contributed by atoms with Crippen LogP contribution in [0.1, 0.15) is 16.8 Å². The summed E-state index contributed by atoms with van der Waals surface area (Å²) in [5, 5.41) is 1.49. The Labute approximate surface area is 126 Å². The Hall–Kier alpha value is -1.85. The SMILES string of the molecule is COCCCOc1c(Cl)c(C(=O)OF)cc2ccccc12. The number of carbonyl (C=O) groups is 1. The van der Waals surface area contributed by atoms with Gasteiger partial charge in [0.1, 0.15) is 5.75 Å². The molecule has 0 aromatic heterocycles. The van der Waals surface area contributed by atoms with Gasteiger partial charge >= 0.3 is 5.97 Å². The van der Waals surface area contributed by atoms with Crippen LogP contribution in [0.4, 0.5) is 4.53 Å². The quantitative estimate of drug-likeness (QED) is 0.758. The van der Waals surface area contributed by atoms with E-state index in [1.165, 1.54) is 6.07 Å². The highest BCUT2D eigenvalue weighted by Gasteiger charge is 2.20. The van der Waals surface area contributed by atoms with Crippen molar-refractivity contribution in [2.45, 2.75) is 6.42 Å². The van der Waals surface area contributed by atoms with E-state index in [1.807, 2.05) is 12.1 Å². The van der Waals surface area contributed by atoms with Gasteiger partial charge in [-0.3, -0.25) is 0 Å². The summed E-state index contributed by atoms with van der Waals surface area (Å²) in [6.07, 6.45) is 0.666. The van der Waals surface area contributed by atoms with E-state index in [-0.39, 0.29) is 10.6 Å². The number of methoxy groups -OCH3 is 1. The Morgan fingerprint density at radius 3 is 2.76 bits per heavy atom. The molecule has 0 aliphatic heterocycles. The summed E-state index contributed by atoms with van der Waals surface area (Å²) < 4.78 is 22.8. The van der Waals surface area contributed by atoms with Crippen LogP contribution in [-0.4, -0.2) is 26.3 Å². The van der Waals surface area contributed by atoms with Crippen LogP contribution in [0.3, 0.4) is 0 Å². The van der Waals surface area contributed by atoms with E-state index >= 15 is 0 Å². The van der Waals surface area contributed by atoms with Crippen molar-refractivity contribution in [3.05, 3.63) is 40.9 Å². The highest BCUT2D eigenvalue weighted by atomic mass is 35.5. The molecule has 0 aliphatic rings. The molecule has 0 saturated heterocycles. The third kappa shape index (κ3) is 3.43. The van der Waals surface area contributed by atoms with Crippen LogP contribution in [0.25, 0.3) is 10.8 Å². The van der Waals surface area contributed by atoms with Crippen molar-refractivity contribution < 1.29 is 23.7 Å². The second-order valence-electron chi connectivity index (χ2n) is 4.35. The van der Waals surface area contributed by atoms with Gasteiger partial charge in [-0.1, -0.05) is 35.9 Å². The second kappa shape index (κ2) is 7.24. The summed E-state index contributed by atoms with van der Waals surface area (Å²) in [5.41, 5.74) is -0.0698. The fourth-order valence-corrected chi connectivity index (χ4v) is 2.29. The lowest BCUT2D eigenvalue weighted by Gasteiger charge is -2.13. The molecule has 0 spiro atoms. The first-order chi connectivity index (χ1) is 10.2. The first kappa shape index (κ1) is 15.5. The number of benzene rings is 2. The van der Waals surface area contributed by atoms with E-state index in [1.54, 1.807) is 19.2 Å². The molecule has 2 aromatic rings. The average Bonchev–Trinajstić information content (AvgIpc) is 2.52. The van der Waals surface area contributed by atoms with E-state index in [0.29, 0.717) is 30.8 Å². The van der Waals surface area contributed by atoms with E-state index in [4.69, 9.17) is 21.1 Å². The minimum atomic E-state index is -1.15. The molecule has 0 amide bonds. The Balaban J connectivity index is 2.44. The molecule has 21 heavy (non-hydrogen) atoms. The molecule has 0 fully saturated rings. The van der Waals surface area contributed by atoms with Gasteiger partial charge in [0.25, 0.3) is 0 Å². The fourth-order valence-electron chi connectivity index (χ4n) is 2.00. The van der Waals surface area contributed by atoms with Crippen molar-refractivity contribution in [2.24, 2.45) is 0 Å². The Kier molecular flexibility index (Phi) is 5.36. The lowest BCUT2D eigenvalue weighted by atomic mass is 10.1. The van der Waals surface area contributed by atoms with Gasteiger partial charge in [0.15, 0.2) is 0 Å². The molecule has 0 bridgehead atoms. The molecule has 112 valence electrons. The maximum absolute atomic E-state index is 12.2. The first-order valence-corrected chi connectivity index (χ1v) is 6.72. The van der Waals surface area contributed by atoms with Crippen molar-refractivity contribution in [1.82, 2.24) is 0 Å². The zero-order valence-corrected chi connectivity index (χ0v) is 12.2. The van der Waals surface area contributed by atoms with Crippen LogP contribution >= 0.6 is 11.6 Å². The Morgan fingerprint density at radius 1 is 1.29 bits per heavy atom. The first-order valence-electron chi connectivity index (χ1n) is 6.35. The van der Waals surface area contributed by atoms with Crippen LogP contribution in [0.5, 0.6) is 5.75 Å². The molecule has 2 rings (SSSR count). The minimum absolute atomic E-state index is 0.0359. The van der Waals surface area contributed by atoms with E-state index < -0.39 is 5.97 Å². The van der Waals surface area contributed by atoms with Gasteiger partial charge in [-0.2, -0.15) is 0 Å². The predicted octanol–water partition coefficient (Wildman–Crippen LogP) is 3.95. The Morgan fingerprint density at radius 2 is 2.05 bits per heavy atom. The van der Waals surface area contributed by atoms with Gasteiger partial charge in [-0.05, 0) is 11.5 Å². The number of ether oxygens (including phenoxy) is 2. The lowest BCUT2D eigenvalue weighted by molar-refractivity contribution is -0.0787. The van der Waals surface area contributed by atoms with Crippen LogP contribution in [-0.2, 0) is 9.68 Å². The molecular weight excluding hydrogens is 299 g/mol. The fraction of sp³-hybridized carbons (Fsp3) is 0.267. The number of hydrogen-bond donors (Lipinski definition) is 0. The third-order valence-electron chi connectivity index (χ3n) is 2.97. The number of rotatable bonds is 6. The van der Waals surface area contributed by atoms with E-state index in [9.17, 15) is 9.32 Å². The molecule has 0 unspecified atom stereocenters. The highest BCUT2D eigenvalue weighted by molar-refractivity contribution is 6.36. The predicted molar refractivity (Wildman–Crippen MR) is 77.5 cm³/mol. The maximum atomic E-state index is 12.2. The molecular formula is C15H14ClFO4. The summed E-state index contributed by atoms with van der Waals surface area (Å²) in [6.45, 7) is 0.910.